The number of likely N-dealkylation sites (N-methyl/N-ethyl adjacent to an activating group) is 1. The lowest BCUT2D eigenvalue weighted by atomic mass is 10.1. The number of benzene rings is 2. The van der Waals surface area contributed by atoms with Crippen molar-refractivity contribution < 1.29 is 14.6 Å². The lowest BCUT2D eigenvalue weighted by Crippen LogP contribution is -2.36. The number of aryl methyl sites for hydroxylation is 1. The smallest absolute Gasteiger partial charge is 0.322 e. The predicted molar refractivity (Wildman–Crippen MR) is 141 cm³/mol. The summed E-state index contributed by atoms with van der Waals surface area (Å²) < 4.78 is 5.81. The second kappa shape index (κ2) is 11.7. The van der Waals surface area contributed by atoms with Gasteiger partial charge in [0.05, 0.1) is 12.3 Å². The SMILES string of the molecule is Cc1cc2c(-c3ccc(NC(=O)N(CCO)Cc4cccc(OCCN(C)C)c4)cc3)ncnc2[nH]1. The maximum Gasteiger partial charge on any atom is 0.322 e. The highest BCUT2D eigenvalue weighted by molar-refractivity contribution is 5.92. The summed E-state index contributed by atoms with van der Waals surface area (Å²) in [6.07, 6.45) is 1.54. The van der Waals surface area contributed by atoms with Gasteiger partial charge in [0.1, 0.15) is 24.3 Å². The van der Waals surface area contributed by atoms with Crippen LogP contribution < -0.4 is 10.1 Å². The number of H-pyrrole nitrogens is 1. The van der Waals surface area contributed by atoms with Crippen LogP contribution in [0.1, 0.15) is 11.3 Å². The van der Waals surface area contributed by atoms with E-state index in [1.807, 2.05) is 75.6 Å². The maximum absolute atomic E-state index is 13.0. The van der Waals surface area contributed by atoms with E-state index in [1.54, 1.807) is 11.2 Å². The Labute approximate surface area is 210 Å². The molecule has 2 heterocycles. The summed E-state index contributed by atoms with van der Waals surface area (Å²) in [5, 5.41) is 13.4. The van der Waals surface area contributed by atoms with Crippen molar-refractivity contribution in [3.8, 4) is 17.0 Å². The number of urea groups is 1. The van der Waals surface area contributed by atoms with E-state index in [0.717, 1.165) is 45.8 Å². The molecule has 0 aliphatic heterocycles. The Balaban J connectivity index is 1.42. The molecule has 188 valence electrons. The fraction of sp³-hybridized carbons (Fsp3) is 0.296. The van der Waals surface area contributed by atoms with Gasteiger partial charge in [-0.3, -0.25) is 0 Å². The normalized spacial score (nSPS) is 11.1. The van der Waals surface area contributed by atoms with E-state index < -0.39 is 0 Å². The van der Waals surface area contributed by atoms with Crippen LogP contribution in [0.3, 0.4) is 0 Å². The number of hydrogen-bond acceptors (Lipinski definition) is 6. The number of fused-ring (bicyclic) bond motifs is 1. The molecule has 36 heavy (non-hydrogen) atoms. The van der Waals surface area contributed by atoms with Crippen molar-refractivity contribution >= 4 is 22.8 Å². The number of carbonyl (C=O) groups is 1. The Morgan fingerprint density at radius 3 is 2.64 bits per heavy atom. The number of amides is 2. The van der Waals surface area contributed by atoms with E-state index in [-0.39, 0.29) is 19.2 Å². The third-order valence-electron chi connectivity index (χ3n) is 5.71. The molecule has 0 atom stereocenters. The number of nitrogens with one attached hydrogen (secondary N) is 2. The highest BCUT2D eigenvalue weighted by atomic mass is 16.5. The molecule has 0 saturated heterocycles. The van der Waals surface area contributed by atoms with Gasteiger partial charge < -0.3 is 29.9 Å². The van der Waals surface area contributed by atoms with E-state index >= 15 is 0 Å². The average Bonchev–Trinajstić information content (AvgIpc) is 3.24. The molecule has 9 nitrogen and oxygen atoms in total. The number of carbonyl (C=O) groups excluding carboxylic acids is 1. The van der Waals surface area contributed by atoms with Gasteiger partial charge in [-0.1, -0.05) is 24.3 Å². The number of rotatable bonds is 10. The first-order chi connectivity index (χ1) is 17.4. The Bertz CT molecular complexity index is 1300. The molecule has 4 aromatic rings. The van der Waals surface area contributed by atoms with E-state index in [9.17, 15) is 9.90 Å². The Morgan fingerprint density at radius 1 is 1.08 bits per heavy atom. The summed E-state index contributed by atoms with van der Waals surface area (Å²) in [5.41, 5.74) is 5.15. The first-order valence-corrected chi connectivity index (χ1v) is 11.9. The van der Waals surface area contributed by atoms with Gasteiger partial charge in [0.15, 0.2) is 0 Å². The van der Waals surface area contributed by atoms with Crippen LogP contribution in [-0.4, -0.2) is 76.3 Å². The van der Waals surface area contributed by atoms with Crippen LogP contribution >= 0.6 is 0 Å². The van der Waals surface area contributed by atoms with Gasteiger partial charge in [0.2, 0.25) is 0 Å². The minimum absolute atomic E-state index is 0.134. The van der Waals surface area contributed by atoms with Crippen LogP contribution in [0.4, 0.5) is 10.5 Å². The van der Waals surface area contributed by atoms with Gasteiger partial charge >= 0.3 is 6.03 Å². The lowest BCUT2D eigenvalue weighted by Gasteiger charge is -2.23. The van der Waals surface area contributed by atoms with Crippen LogP contribution in [0, 0.1) is 6.92 Å². The molecule has 9 heteroatoms. The Hall–Kier alpha value is -3.95. The first-order valence-electron chi connectivity index (χ1n) is 11.9. The number of aliphatic hydroxyl groups excluding tert-OH is 1. The van der Waals surface area contributed by atoms with Gasteiger partial charge in [-0.2, -0.15) is 0 Å². The van der Waals surface area contributed by atoms with Crippen molar-refractivity contribution in [3.05, 3.63) is 72.2 Å². The molecular formula is C27H32N6O3. The number of nitrogens with zero attached hydrogens (tertiary/aromatic N) is 4. The van der Waals surface area contributed by atoms with Gasteiger partial charge in [-0.15, -0.1) is 0 Å². The summed E-state index contributed by atoms with van der Waals surface area (Å²) in [4.78, 5) is 28.6. The van der Waals surface area contributed by atoms with Crippen LogP contribution in [0.5, 0.6) is 5.75 Å². The Kier molecular flexibility index (Phi) is 8.14. The summed E-state index contributed by atoms with van der Waals surface area (Å²) in [6.45, 7) is 3.80. The molecule has 0 unspecified atom stereocenters. The fourth-order valence-electron chi connectivity index (χ4n) is 3.89. The number of anilines is 1. The number of hydrogen-bond donors (Lipinski definition) is 3. The monoisotopic (exact) mass is 488 g/mol. The van der Waals surface area contributed by atoms with Crippen molar-refractivity contribution in [2.45, 2.75) is 13.5 Å². The van der Waals surface area contributed by atoms with Crippen LogP contribution in [0.25, 0.3) is 22.3 Å². The Morgan fingerprint density at radius 2 is 1.89 bits per heavy atom. The van der Waals surface area contributed by atoms with Crippen LogP contribution in [0.15, 0.2) is 60.9 Å². The summed E-state index contributed by atoms with van der Waals surface area (Å²) in [6, 6.07) is 16.9. The zero-order valence-electron chi connectivity index (χ0n) is 20.9. The fourth-order valence-corrected chi connectivity index (χ4v) is 3.89. The average molecular weight is 489 g/mol. The summed E-state index contributed by atoms with van der Waals surface area (Å²) in [7, 11) is 3.99. The molecule has 0 fully saturated rings. The molecule has 0 aliphatic rings. The number of aliphatic hydroxyl groups is 1. The third-order valence-corrected chi connectivity index (χ3v) is 5.71. The second-order valence-electron chi connectivity index (χ2n) is 8.89. The third kappa shape index (κ3) is 6.38. The highest BCUT2D eigenvalue weighted by Gasteiger charge is 2.15. The van der Waals surface area contributed by atoms with Crippen molar-refractivity contribution in [2.75, 3.05) is 45.7 Å². The van der Waals surface area contributed by atoms with Gasteiger partial charge in [-0.25, -0.2) is 14.8 Å². The molecule has 2 aromatic heterocycles. The van der Waals surface area contributed by atoms with E-state index in [2.05, 4.69) is 25.2 Å². The lowest BCUT2D eigenvalue weighted by molar-refractivity contribution is 0.185. The molecular weight excluding hydrogens is 456 g/mol. The number of aromatic nitrogens is 3. The summed E-state index contributed by atoms with van der Waals surface area (Å²) in [5.74, 6) is 0.755. The maximum atomic E-state index is 13.0. The van der Waals surface area contributed by atoms with Crippen molar-refractivity contribution in [3.63, 3.8) is 0 Å². The minimum Gasteiger partial charge on any atom is -0.492 e. The molecule has 2 amide bonds. The molecule has 3 N–H and O–H groups in total. The van der Waals surface area contributed by atoms with Crippen molar-refractivity contribution in [2.24, 2.45) is 0 Å². The quantitative estimate of drug-likeness (QED) is 0.313. The molecule has 0 spiro atoms. The highest BCUT2D eigenvalue weighted by Crippen LogP contribution is 2.27. The van der Waals surface area contributed by atoms with E-state index in [4.69, 9.17) is 4.74 Å². The van der Waals surface area contributed by atoms with Gasteiger partial charge in [0, 0.05) is 42.0 Å². The molecule has 0 saturated carbocycles. The number of aromatic amines is 1. The van der Waals surface area contributed by atoms with Gasteiger partial charge in [-0.05, 0) is 56.9 Å². The zero-order valence-corrected chi connectivity index (χ0v) is 20.9. The standard InChI is InChI=1S/C27H32N6O3/c1-19-15-24-25(28-18-29-26(24)30-19)21-7-9-22(10-8-21)31-27(35)33(11-13-34)17-20-5-4-6-23(16-20)36-14-12-32(2)3/h4-10,15-16,18,34H,11-14,17H2,1-3H3,(H,31,35)(H,28,29,30). The second-order valence-corrected chi connectivity index (χ2v) is 8.89. The molecule has 4 rings (SSSR count). The van der Waals surface area contributed by atoms with Crippen molar-refractivity contribution in [1.29, 1.82) is 0 Å². The topological polar surface area (TPSA) is 107 Å². The van der Waals surface area contributed by atoms with Crippen LogP contribution in [-0.2, 0) is 6.54 Å². The molecule has 0 aliphatic carbocycles. The zero-order chi connectivity index (χ0) is 25.5. The van der Waals surface area contributed by atoms with Crippen molar-refractivity contribution in [1.82, 2.24) is 24.8 Å². The van der Waals surface area contributed by atoms with E-state index in [1.165, 1.54) is 0 Å². The number of ether oxygens (including phenoxy) is 1. The van der Waals surface area contributed by atoms with Gasteiger partial charge in [0.25, 0.3) is 0 Å². The largest absolute Gasteiger partial charge is 0.492 e. The first kappa shape index (κ1) is 25.2. The predicted octanol–water partition coefficient (Wildman–Crippen LogP) is 3.90. The summed E-state index contributed by atoms with van der Waals surface area (Å²) >= 11 is 0. The molecule has 2 aromatic carbocycles. The minimum atomic E-state index is -0.290. The van der Waals surface area contributed by atoms with E-state index in [0.29, 0.717) is 18.8 Å². The van der Waals surface area contributed by atoms with Crippen LogP contribution in [0.2, 0.25) is 0 Å². The molecule has 0 bridgehead atoms. The molecule has 0 radical (unpaired) electrons.